The van der Waals surface area contributed by atoms with Crippen molar-refractivity contribution in [3.63, 3.8) is 0 Å². The SMILES string of the molecule is COc1ccc(OC)c2c1[C@@H]1c3c(F)c(F)c(F)c(F)c3[C@H]2C1(O)C(C)=O. The molecule has 1 unspecified atom stereocenters. The summed E-state index contributed by atoms with van der Waals surface area (Å²) in [6, 6.07) is 2.96. The van der Waals surface area contributed by atoms with Gasteiger partial charge < -0.3 is 14.6 Å². The standard InChI is InChI=1S/C19H14F4O4/c1-6(24)19(25)13-9-7(26-2)4-5-8(27-3)10(9)14(19)12-11(13)15(20)17(22)18(23)16(12)21/h4-5,13-14,25H,1-3H3/t13-,14+,19?. The lowest BCUT2D eigenvalue weighted by Gasteiger charge is -2.25. The minimum absolute atomic E-state index is 0.188. The third-order valence-corrected chi connectivity index (χ3v) is 5.59. The van der Waals surface area contributed by atoms with Gasteiger partial charge in [0.25, 0.3) is 0 Å². The molecular weight excluding hydrogens is 368 g/mol. The lowest BCUT2D eigenvalue weighted by atomic mass is 9.83. The monoisotopic (exact) mass is 382 g/mol. The van der Waals surface area contributed by atoms with Gasteiger partial charge in [0.1, 0.15) is 17.1 Å². The zero-order valence-electron chi connectivity index (χ0n) is 14.5. The van der Waals surface area contributed by atoms with E-state index in [9.17, 15) is 27.5 Å². The molecule has 8 heteroatoms. The second-order valence-corrected chi connectivity index (χ2v) is 6.63. The number of fused-ring (bicyclic) bond motifs is 8. The van der Waals surface area contributed by atoms with Crippen molar-refractivity contribution in [3.05, 3.63) is 57.7 Å². The Labute approximate surface area is 151 Å². The van der Waals surface area contributed by atoms with Crippen LogP contribution >= 0.6 is 0 Å². The van der Waals surface area contributed by atoms with Gasteiger partial charge in [0.05, 0.1) is 26.1 Å². The summed E-state index contributed by atoms with van der Waals surface area (Å²) >= 11 is 0. The Bertz CT molecular complexity index is 948. The molecule has 2 aliphatic carbocycles. The molecule has 0 radical (unpaired) electrons. The third kappa shape index (κ3) is 1.83. The van der Waals surface area contributed by atoms with Crippen LogP contribution in [0.4, 0.5) is 17.6 Å². The molecule has 4 rings (SSSR count). The van der Waals surface area contributed by atoms with Crippen LogP contribution in [0.1, 0.15) is 41.0 Å². The molecule has 2 aromatic carbocycles. The first kappa shape index (κ1) is 17.8. The maximum absolute atomic E-state index is 14.6. The first-order valence-electron chi connectivity index (χ1n) is 8.05. The Morgan fingerprint density at radius 3 is 1.52 bits per heavy atom. The number of aliphatic hydroxyl groups is 1. The van der Waals surface area contributed by atoms with Crippen LogP contribution in [0.15, 0.2) is 12.1 Å². The fraction of sp³-hybridized carbons (Fsp3) is 0.316. The smallest absolute Gasteiger partial charge is 0.197 e. The van der Waals surface area contributed by atoms with E-state index in [2.05, 4.69) is 0 Å². The van der Waals surface area contributed by atoms with Gasteiger partial charge in [-0.3, -0.25) is 4.79 Å². The highest BCUT2D eigenvalue weighted by Crippen LogP contribution is 2.67. The van der Waals surface area contributed by atoms with E-state index in [0.29, 0.717) is 0 Å². The summed E-state index contributed by atoms with van der Waals surface area (Å²) in [5.74, 6) is -10.6. The van der Waals surface area contributed by atoms with E-state index in [1.54, 1.807) is 0 Å². The van der Waals surface area contributed by atoms with Gasteiger partial charge in [-0.1, -0.05) is 0 Å². The predicted octanol–water partition coefficient (Wildman–Crippen LogP) is 3.17. The number of hydrogen-bond donors (Lipinski definition) is 1. The number of benzene rings is 2. The van der Waals surface area contributed by atoms with Crippen molar-refractivity contribution in [3.8, 4) is 11.5 Å². The molecule has 1 N–H and O–H groups in total. The molecule has 0 fully saturated rings. The van der Waals surface area contributed by atoms with Crippen LogP contribution in [0, 0.1) is 23.3 Å². The molecule has 142 valence electrons. The molecule has 3 atom stereocenters. The van der Waals surface area contributed by atoms with E-state index in [-0.39, 0.29) is 22.6 Å². The molecule has 0 aliphatic heterocycles. The van der Waals surface area contributed by atoms with Gasteiger partial charge in [-0.2, -0.15) is 0 Å². The van der Waals surface area contributed by atoms with Crippen molar-refractivity contribution in [2.75, 3.05) is 14.2 Å². The van der Waals surface area contributed by atoms with E-state index in [0.717, 1.165) is 6.92 Å². The van der Waals surface area contributed by atoms with Crippen LogP contribution in [0.3, 0.4) is 0 Å². The van der Waals surface area contributed by atoms with E-state index < -0.39 is 57.6 Å². The molecule has 0 saturated heterocycles. The number of rotatable bonds is 3. The molecule has 0 aromatic heterocycles. The highest BCUT2D eigenvalue weighted by molar-refractivity contribution is 5.94. The Hall–Kier alpha value is -2.61. The number of carbonyl (C=O) groups excluding carboxylic acids is 1. The maximum Gasteiger partial charge on any atom is 0.197 e. The van der Waals surface area contributed by atoms with E-state index in [1.807, 2.05) is 0 Å². The molecular formula is C19H14F4O4. The van der Waals surface area contributed by atoms with Gasteiger partial charge in [0.15, 0.2) is 29.1 Å². The van der Waals surface area contributed by atoms with Crippen molar-refractivity contribution in [2.45, 2.75) is 24.4 Å². The zero-order valence-corrected chi connectivity index (χ0v) is 14.5. The van der Waals surface area contributed by atoms with Crippen molar-refractivity contribution >= 4 is 5.78 Å². The molecule has 0 heterocycles. The maximum atomic E-state index is 14.6. The highest BCUT2D eigenvalue weighted by Gasteiger charge is 2.66. The zero-order chi connectivity index (χ0) is 19.8. The number of halogens is 4. The second kappa shape index (κ2) is 5.45. The molecule has 0 saturated carbocycles. The molecule has 2 aromatic rings. The number of carbonyl (C=O) groups is 1. The predicted molar refractivity (Wildman–Crippen MR) is 85.1 cm³/mol. The fourth-order valence-electron chi connectivity index (χ4n) is 4.52. The van der Waals surface area contributed by atoms with Gasteiger partial charge in [-0.05, 0) is 19.1 Å². The Morgan fingerprint density at radius 1 is 0.852 bits per heavy atom. The minimum Gasteiger partial charge on any atom is -0.496 e. The first-order chi connectivity index (χ1) is 12.7. The van der Waals surface area contributed by atoms with Gasteiger partial charge in [0.2, 0.25) is 0 Å². The average Bonchev–Trinajstić information content (AvgIpc) is 3.09. The molecule has 2 bridgehead atoms. The Morgan fingerprint density at radius 2 is 1.22 bits per heavy atom. The normalized spacial score (nSPS) is 24.6. The van der Waals surface area contributed by atoms with Crippen molar-refractivity contribution in [2.24, 2.45) is 0 Å². The number of ether oxygens (including phenoxy) is 2. The third-order valence-electron chi connectivity index (χ3n) is 5.59. The summed E-state index contributed by atoms with van der Waals surface area (Å²) in [6.07, 6.45) is 0. The number of Topliss-reactive ketones (excluding diaryl/α,β-unsaturated/α-hetero) is 1. The summed E-state index contributed by atoms with van der Waals surface area (Å²) < 4.78 is 67.6. The Balaban J connectivity index is 2.19. The van der Waals surface area contributed by atoms with Crippen LogP contribution in [0.25, 0.3) is 0 Å². The molecule has 27 heavy (non-hydrogen) atoms. The summed E-state index contributed by atoms with van der Waals surface area (Å²) in [6.45, 7) is 1.05. The van der Waals surface area contributed by atoms with Gasteiger partial charge in [0, 0.05) is 22.3 Å². The quantitative estimate of drug-likeness (QED) is 0.503. The molecule has 4 nitrogen and oxygen atoms in total. The van der Waals surface area contributed by atoms with Gasteiger partial charge >= 0.3 is 0 Å². The topological polar surface area (TPSA) is 55.8 Å². The lowest BCUT2D eigenvalue weighted by molar-refractivity contribution is -0.135. The van der Waals surface area contributed by atoms with E-state index >= 15 is 0 Å². The van der Waals surface area contributed by atoms with Crippen molar-refractivity contribution < 1.29 is 36.9 Å². The number of methoxy groups -OCH3 is 2. The van der Waals surface area contributed by atoms with Crippen LogP contribution in [-0.2, 0) is 4.79 Å². The van der Waals surface area contributed by atoms with Crippen LogP contribution in [-0.4, -0.2) is 30.7 Å². The summed E-state index contributed by atoms with van der Waals surface area (Å²) in [4.78, 5) is 12.4. The van der Waals surface area contributed by atoms with Crippen LogP contribution in [0.2, 0.25) is 0 Å². The van der Waals surface area contributed by atoms with E-state index in [4.69, 9.17) is 9.47 Å². The number of ketones is 1. The number of hydrogen-bond acceptors (Lipinski definition) is 4. The van der Waals surface area contributed by atoms with Crippen molar-refractivity contribution in [1.29, 1.82) is 0 Å². The second-order valence-electron chi connectivity index (χ2n) is 6.63. The highest BCUT2D eigenvalue weighted by atomic mass is 19.2. The summed E-state index contributed by atoms with van der Waals surface area (Å²) in [5.41, 5.74) is -3.09. The minimum atomic E-state index is -2.32. The van der Waals surface area contributed by atoms with Crippen LogP contribution < -0.4 is 9.47 Å². The summed E-state index contributed by atoms with van der Waals surface area (Å²) in [7, 11) is 2.65. The van der Waals surface area contributed by atoms with Crippen molar-refractivity contribution in [1.82, 2.24) is 0 Å². The lowest BCUT2D eigenvalue weighted by Crippen LogP contribution is -2.41. The molecule has 0 spiro atoms. The first-order valence-corrected chi connectivity index (χ1v) is 8.05. The summed E-state index contributed by atoms with van der Waals surface area (Å²) in [5, 5.41) is 11.2. The van der Waals surface area contributed by atoms with Crippen LogP contribution in [0.5, 0.6) is 11.5 Å². The largest absolute Gasteiger partial charge is 0.496 e. The molecule has 0 amide bonds. The fourth-order valence-corrected chi connectivity index (χ4v) is 4.52. The van der Waals surface area contributed by atoms with Gasteiger partial charge in [-0.15, -0.1) is 0 Å². The molecule has 2 aliphatic rings. The van der Waals surface area contributed by atoms with Gasteiger partial charge in [-0.25, -0.2) is 17.6 Å². The van der Waals surface area contributed by atoms with E-state index in [1.165, 1.54) is 26.4 Å². The average molecular weight is 382 g/mol. The Kier molecular flexibility index (Phi) is 3.59.